The van der Waals surface area contributed by atoms with Crippen LogP contribution in [0.2, 0.25) is 5.02 Å². The van der Waals surface area contributed by atoms with Crippen molar-refractivity contribution in [3.8, 4) is 0 Å². The normalized spacial score (nSPS) is 13.5. The molecule has 11 heteroatoms. The Labute approximate surface area is 165 Å². The zero-order chi connectivity index (χ0) is 21.6. The molecule has 2 aromatic heterocycles. The Morgan fingerprint density at radius 3 is 2.24 bits per heavy atom. The van der Waals surface area contributed by atoms with Crippen LogP contribution in [0.3, 0.4) is 0 Å². The molecule has 0 fully saturated rings. The highest BCUT2D eigenvalue weighted by atomic mass is 35.5. The molecule has 0 saturated heterocycles. The number of amides is 1. The van der Waals surface area contributed by atoms with E-state index in [-0.39, 0.29) is 0 Å². The van der Waals surface area contributed by atoms with E-state index < -0.39 is 46.9 Å². The van der Waals surface area contributed by atoms with Crippen LogP contribution in [0.15, 0.2) is 42.6 Å². The molecule has 0 aliphatic heterocycles. The quantitative estimate of drug-likeness (QED) is 0.551. The fourth-order valence-corrected chi connectivity index (χ4v) is 2.86. The lowest BCUT2D eigenvalue weighted by atomic mass is 10.1. The predicted octanol–water partition coefficient (Wildman–Crippen LogP) is 5.52. The van der Waals surface area contributed by atoms with Gasteiger partial charge in [-0.1, -0.05) is 23.7 Å². The van der Waals surface area contributed by atoms with Crippen molar-refractivity contribution in [2.45, 2.75) is 25.3 Å². The summed E-state index contributed by atoms with van der Waals surface area (Å²) in [6, 6.07) is 6.61. The molecule has 0 saturated carbocycles. The Balaban J connectivity index is 2.04. The van der Waals surface area contributed by atoms with E-state index >= 15 is 0 Å². The van der Waals surface area contributed by atoms with Crippen molar-refractivity contribution in [1.29, 1.82) is 0 Å². The van der Waals surface area contributed by atoms with Crippen LogP contribution in [0.25, 0.3) is 5.65 Å². The number of imidazole rings is 1. The Kier molecular flexibility index (Phi) is 5.24. The fraction of sp³-hybridized carbons (Fsp3) is 0.222. The van der Waals surface area contributed by atoms with Crippen molar-refractivity contribution in [1.82, 2.24) is 14.7 Å². The molecule has 3 rings (SSSR count). The van der Waals surface area contributed by atoms with Gasteiger partial charge in [0.15, 0.2) is 5.69 Å². The summed E-state index contributed by atoms with van der Waals surface area (Å²) in [5.41, 5.74) is -3.72. The number of carbonyl (C=O) groups is 1. The molecule has 1 N–H and O–H groups in total. The molecular weight excluding hydrogens is 424 g/mol. The highest BCUT2D eigenvalue weighted by molar-refractivity contribution is 6.30. The summed E-state index contributed by atoms with van der Waals surface area (Å²) in [6.07, 6.45) is -9.07. The summed E-state index contributed by atoms with van der Waals surface area (Å²) < 4.78 is 79.4. The lowest BCUT2D eigenvalue weighted by Gasteiger charge is -2.15. The van der Waals surface area contributed by atoms with Crippen LogP contribution in [0, 0.1) is 0 Å². The minimum absolute atomic E-state index is 0.439. The third-order valence-electron chi connectivity index (χ3n) is 4.15. The van der Waals surface area contributed by atoms with Crippen LogP contribution in [0.5, 0.6) is 0 Å². The minimum atomic E-state index is -5.04. The van der Waals surface area contributed by atoms with Gasteiger partial charge in [-0.25, -0.2) is 4.98 Å². The molecule has 0 aliphatic carbocycles. The summed E-state index contributed by atoms with van der Waals surface area (Å²) >= 11 is 5.78. The van der Waals surface area contributed by atoms with Gasteiger partial charge in [0, 0.05) is 11.2 Å². The topological polar surface area (TPSA) is 46.4 Å². The second kappa shape index (κ2) is 7.25. The number of carbonyl (C=O) groups excluding carboxylic acids is 1. The maximum atomic E-state index is 13.4. The molecule has 0 aliphatic rings. The second-order valence-electron chi connectivity index (χ2n) is 6.19. The molecule has 4 nitrogen and oxygen atoms in total. The third-order valence-corrected chi connectivity index (χ3v) is 4.41. The van der Waals surface area contributed by atoms with E-state index in [9.17, 15) is 31.1 Å². The summed E-state index contributed by atoms with van der Waals surface area (Å²) in [7, 11) is 0. The van der Waals surface area contributed by atoms with Crippen LogP contribution in [0.4, 0.5) is 26.3 Å². The van der Waals surface area contributed by atoms with Crippen LogP contribution < -0.4 is 5.32 Å². The maximum absolute atomic E-state index is 13.4. The van der Waals surface area contributed by atoms with Crippen LogP contribution in [0.1, 0.15) is 40.3 Å². The highest BCUT2D eigenvalue weighted by Gasteiger charge is 2.41. The molecule has 1 atom stereocenters. The number of alkyl halides is 6. The lowest BCUT2D eigenvalue weighted by molar-refractivity contribution is -0.141. The maximum Gasteiger partial charge on any atom is 0.435 e. The van der Waals surface area contributed by atoms with E-state index in [1.807, 2.05) is 0 Å². The molecular formula is C18H12ClF6N3O. The number of fused-ring (bicyclic) bond motifs is 1. The Morgan fingerprint density at radius 2 is 1.69 bits per heavy atom. The summed E-state index contributed by atoms with van der Waals surface area (Å²) in [5, 5.41) is 2.84. The minimum Gasteiger partial charge on any atom is -0.344 e. The van der Waals surface area contributed by atoms with Gasteiger partial charge >= 0.3 is 12.4 Å². The monoisotopic (exact) mass is 435 g/mol. The molecule has 1 aromatic carbocycles. The average molecular weight is 436 g/mol. The van der Waals surface area contributed by atoms with Gasteiger partial charge in [-0.15, -0.1) is 0 Å². The van der Waals surface area contributed by atoms with Crippen molar-refractivity contribution in [2.24, 2.45) is 0 Å². The zero-order valence-corrected chi connectivity index (χ0v) is 15.3. The number of pyridine rings is 1. The van der Waals surface area contributed by atoms with E-state index in [0.717, 1.165) is 6.20 Å². The number of rotatable bonds is 3. The second-order valence-corrected chi connectivity index (χ2v) is 6.63. The van der Waals surface area contributed by atoms with E-state index in [0.29, 0.717) is 27.1 Å². The molecule has 29 heavy (non-hydrogen) atoms. The SMILES string of the molecule is CC(NC(=O)c1c(C(F)(F)F)nc2cc(C(F)(F)F)ccn12)c1ccc(Cl)cc1. The largest absolute Gasteiger partial charge is 0.435 e. The predicted molar refractivity (Wildman–Crippen MR) is 92.5 cm³/mol. The van der Waals surface area contributed by atoms with E-state index in [1.54, 1.807) is 31.2 Å². The number of nitrogens with one attached hydrogen (secondary N) is 1. The van der Waals surface area contributed by atoms with Crippen molar-refractivity contribution >= 4 is 23.2 Å². The van der Waals surface area contributed by atoms with Gasteiger partial charge in [-0.2, -0.15) is 26.3 Å². The Hall–Kier alpha value is -2.75. The first-order valence-corrected chi connectivity index (χ1v) is 8.48. The molecule has 0 radical (unpaired) electrons. The van der Waals surface area contributed by atoms with Gasteiger partial charge in [0.1, 0.15) is 11.3 Å². The van der Waals surface area contributed by atoms with Gasteiger partial charge < -0.3 is 5.32 Å². The van der Waals surface area contributed by atoms with Gasteiger partial charge in [0.05, 0.1) is 11.6 Å². The fourth-order valence-electron chi connectivity index (χ4n) is 2.74. The molecule has 1 unspecified atom stereocenters. The van der Waals surface area contributed by atoms with Crippen molar-refractivity contribution in [3.63, 3.8) is 0 Å². The van der Waals surface area contributed by atoms with Crippen LogP contribution in [-0.2, 0) is 12.4 Å². The molecule has 154 valence electrons. The van der Waals surface area contributed by atoms with E-state index in [1.165, 1.54) is 0 Å². The molecule has 2 heterocycles. The summed E-state index contributed by atoms with van der Waals surface area (Å²) in [4.78, 5) is 15.8. The van der Waals surface area contributed by atoms with Gasteiger partial charge in [0.25, 0.3) is 5.91 Å². The summed E-state index contributed by atoms with van der Waals surface area (Å²) in [6.45, 7) is 1.54. The standard InChI is InChI=1S/C18H12ClF6N3O/c1-9(10-2-4-12(19)5-3-10)26-16(29)14-15(18(23,24)25)27-13-8-11(17(20,21)22)6-7-28(13)14/h2-9H,1H3,(H,26,29). The van der Waals surface area contributed by atoms with Gasteiger partial charge in [0.2, 0.25) is 0 Å². The average Bonchev–Trinajstić information content (AvgIpc) is 3.00. The van der Waals surface area contributed by atoms with Gasteiger partial charge in [-0.05, 0) is 36.8 Å². The van der Waals surface area contributed by atoms with Crippen molar-refractivity contribution < 1.29 is 31.1 Å². The first kappa shape index (κ1) is 21.0. The number of hydrogen-bond acceptors (Lipinski definition) is 2. The Bertz CT molecular complexity index is 1060. The van der Waals surface area contributed by atoms with Crippen molar-refractivity contribution in [2.75, 3.05) is 0 Å². The highest BCUT2D eigenvalue weighted by Crippen LogP contribution is 2.34. The van der Waals surface area contributed by atoms with Crippen LogP contribution in [-0.4, -0.2) is 15.3 Å². The number of benzene rings is 1. The summed E-state index contributed by atoms with van der Waals surface area (Å²) in [5.74, 6) is -1.13. The molecule has 1 amide bonds. The third kappa shape index (κ3) is 4.31. The Morgan fingerprint density at radius 1 is 1.07 bits per heavy atom. The van der Waals surface area contributed by atoms with Crippen LogP contribution >= 0.6 is 11.6 Å². The molecule has 0 spiro atoms. The lowest BCUT2D eigenvalue weighted by Crippen LogP contribution is -2.29. The van der Waals surface area contributed by atoms with Gasteiger partial charge in [-0.3, -0.25) is 9.20 Å². The van der Waals surface area contributed by atoms with E-state index in [2.05, 4.69) is 10.3 Å². The zero-order valence-electron chi connectivity index (χ0n) is 14.6. The molecule has 0 bridgehead atoms. The number of hydrogen-bond donors (Lipinski definition) is 1. The van der Waals surface area contributed by atoms with Crippen molar-refractivity contribution in [3.05, 3.63) is 70.1 Å². The number of halogens is 7. The first-order chi connectivity index (χ1) is 13.4. The molecule has 3 aromatic rings. The number of nitrogens with zero attached hydrogens (tertiary/aromatic N) is 2. The first-order valence-electron chi connectivity index (χ1n) is 8.11. The smallest absolute Gasteiger partial charge is 0.344 e. The van der Waals surface area contributed by atoms with E-state index in [4.69, 9.17) is 11.6 Å². The number of aromatic nitrogens is 2.